The van der Waals surface area contributed by atoms with Gasteiger partial charge in [-0.3, -0.25) is 9.69 Å². The van der Waals surface area contributed by atoms with E-state index in [1.165, 1.54) is 11.1 Å². The van der Waals surface area contributed by atoms with E-state index >= 15 is 0 Å². The number of hydrogen-bond donors (Lipinski definition) is 1. The highest BCUT2D eigenvalue weighted by Gasteiger charge is 2.32. The van der Waals surface area contributed by atoms with Crippen LogP contribution in [0.15, 0.2) is 48.5 Å². The Morgan fingerprint density at radius 1 is 1.11 bits per heavy atom. The van der Waals surface area contributed by atoms with Crippen molar-refractivity contribution in [1.82, 2.24) is 4.90 Å². The summed E-state index contributed by atoms with van der Waals surface area (Å²) < 4.78 is 11.6. The van der Waals surface area contributed by atoms with Crippen molar-refractivity contribution in [3.8, 4) is 11.5 Å². The van der Waals surface area contributed by atoms with E-state index in [2.05, 4.69) is 17.0 Å². The molecule has 1 aliphatic rings. The molecule has 5 nitrogen and oxygen atoms in total. The van der Waals surface area contributed by atoms with Crippen molar-refractivity contribution in [2.45, 2.75) is 32.9 Å². The van der Waals surface area contributed by atoms with Gasteiger partial charge < -0.3 is 14.6 Å². The van der Waals surface area contributed by atoms with E-state index in [1.54, 1.807) is 0 Å². The van der Waals surface area contributed by atoms with Crippen molar-refractivity contribution in [2.75, 3.05) is 19.7 Å². The molecule has 0 aromatic heterocycles. The quantitative estimate of drug-likeness (QED) is 0.732. The van der Waals surface area contributed by atoms with Gasteiger partial charge in [-0.05, 0) is 49.2 Å². The molecule has 1 saturated heterocycles. The molecule has 0 atom stereocenters. The van der Waals surface area contributed by atoms with E-state index in [-0.39, 0.29) is 12.0 Å². The van der Waals surface area contributed by atoms with Crippen molar-refractivity contribution in [3.63, 3.8) is 0 Å². The Balaban J connectivity index is 1.42. The number of carboxylic acid groups (broad SMARTS) is 1. The van der Waals surface area contributed by atoms with Crippen molar-refractivity contribution in [3.05, 3.63) is 59.7 Å². The molecule has 5 heteroatoms. The van der Waals surface area contributed by atoms with Crippen LogP contribution in [0.3, 0.4) is 0 Å². The second-order valence-electron chi connectivity index (χ2n) is 7.29. The van der Waals surface area contributed by atoms with Crippen molar-refractivity contribution >= 4 is 5.97 Å². The first-order valence-electron chi connectivity index (χ1n) is 9.42. The average Bonchev–Trinajstić information content (AvgIpc) is 2.58. The van der Waals surface area contributed by atoms with E-state index in [1.807, 2.05) is 50.2 Å². The molecule has 0 saturated carbocycles. The maximum absolute atomic E-state index is 10.8. The zero-order chi connectivity index (χ0) is 19.2. The Bertz CT molecular complexity index is 751. The van der Waals surface area contributed by atoms with Crippen LogP contribution < -0.4 is 9.47 Å². The summed E-state index contributed by atoms with van der Waals surface area (Å²) >= 11 is 0. The third-order valence-corrected chi connectivity index (χ3v) is 4.57. The standard InChI is InChI=1S/C22H27NO4/c1-16(2)27-21-5-3-4-17(12-21)10-11-26-20-8-6-18(7-9-20)13-23-14-19(15-23)22(24)25/h3-9,12,16,19H,10-11,13-15H2,1-2H3,(H,24,25). The van der Waals surface area contributed by atoms with Crippen LogP contribution in [0.25, 0.3) is 0 Å². The molecular formula is C22H27NO4. The second kappa shape index (κ2) is 8.91. The number of rotatable bonds is 9. The van der Waals surface area contributed by atoms with Gasteiger partial charge in [0, 0.05) is 26.1 Å². The van der Waals surface area contributed by atoms with Gasteiger partial charge in [-0.25, -0.2) is 0 Å². The molecule has 0 radical (unpaired) electrons. The zero-order valence-corrected chi connectivity index (χ0v) is 15.9. The van der Waals surface area contributed by atoms with Gasteiger partial charge >= 0.3 is 5.97 Å². The third kappa shape index (κ3) is 5.73. The molecule has 0 amide bonds. The fourth-order valence-corrected chi connectivity index (χ4v) is 3.14. The number of benzene rings is 2. The van der Waals surface area contributed by atoms with Crippen LogP contribution >= 0.6 is 0 Å². The molecule has 27 heavy (non-hydrogen) atoms. The molecule has 1 aliphatic heterocycles. The van der Waals surface area contributed by atoms with Crippen LogP contribution in [0.2, 0.25) is 0 Å². The Kier molecular flexibility index (Phi) is 6.35. The minimum Gasteiger partial charge on any atom is -0.493 e. The molecule has 1 fully saturated rings. The highest BCUT2D eigenvalue weighted by molar-refractivity contribution is 5.71. The third-order valence-electron chi connectivity index (χ3n) is 4.57. The molecule has 0 spiro atoms. The average molecular weight is 369 g/mol. The minimum absolute atomic E-state index is 0.168. The number of nitrogens with zero attached hydrogens (tertiary/aromatic N) is 1. The molecule has 0 aliphatic carbocycles. The first-order valence-corrected chi connectivity index (χ1v) is 9.42. The summed E-state index contributed by atoms with van der Waals surface area (Å²) in [6.07, 6.45) is 0.989. The summed E-state index contributed by atoms with van der Waals surface area (Å²) in [6, 6.07) is 16.2. The summed E-state index contributed by atoms with van der Waals surface area (Å²) in [5.74, 6) is 0.830. The molecule has 2 aromatic rings. The Hall–Kier alpha value is -2.53. The summed E-state index contributed by atoms with van der Waals surface area (Å²) in [5, 5.41) is 8.92. The predicted molar refractivity (Wildman–Crippen MR) is 104 cm³/mol. The van der Waals surface area contributed by atoms with Crippen LogP contribution in [0, 0.1) is 5.92 Å². The van der Waals surface area contributed by atoms with E-state index < -0.39 is 5.97 Å². The fraction of sp³-hybridized carbons (Fsp3) is 0.409. The number of carboxylic acids is 1. The van der Waals surface area contributed by atoms with Gasteiger partial charge in [0.05, 0.1) is 18.6 Å². The number of aliphatic carboxylic acids is 1. The van der Waals surface area contributed by atoms with E-state index in [9.17, 15) is 4.79 Å². The Labute approximate surface area is 160 Å². The summed E-state index contributed by atoms with van der Waals surface area (Å²) in [6.45, 7) is 6.70. The molecule has 0 bridgehead atoms. The number of hydrogen-bond acceptors (Lipinski definition) is 4. The van der Waals surface area contributed by atoms with E-state index in [0.29, 0.717) is 19.7 Å². The van der Waals surface area contributed by atoms with Crippen molar-refractivity contribution in [1.29, 1.82) is 0 Å². The van der Waals surface area contributed by atoms with Crippen LogP contribution in [0.5, 0.6) is 11.5 Å². The largest absolute Gasteiger partial charge is 0.493 e. The lowest BCUT2D eigenvalue weighted by molar-refractivity contribution is -0.147. The smallest absolute Gasteiger partial charge is 0.309 e. The predicted octanol–water partition coefficient (Wildman–Crippen LogP) is 3.61. The lowest BCUT2D eigenvalue weighted by Crippen LogP contribution is -2.49. The van der Waals surface area contributed by atoms with Crippen molar-refractivity contribution < 1.29 is 19.4 Å². The molecule has 3 rings (SSSR count). The molecular weight excluding hydrogens is 342 g/mol. The van der Waals surface area contributed by atoms with Gasteiger partial charge in [-0.15, -0.1) is 0 Å². The molecule has 2 aromatic carbocycles. The number of carbonyl (C=O) groups is 1. The monoisotopic (exact) mass is 369 g/mol. The maximum Gasteiger partial charge on any atom is 0.309 e. The summed E-state index contributed by atoms with van der Waals surface area (Å²) in [4.78, 5) is 13.0. The molecule has 0 unspecified atom stereocenters. The lowest BCUT2D eigenvalue weighted by atomic mass is 10.00. The first-order chi connectivity index (χ1) is 13.0. The summed E-state index contributed by atoms with van der Waals surface area (Å²) in [5.41, 5.74) is 2.36. The lowest BCUT2D eigenvalue weighted by Gasteiger charge is -2.36. The van der Waals surface area contributed by atoms with Gasteiger partial charge in [-0.1, -0.05) is 24.3 Å². The SMILES string of the molecule is CC(C)Oc1cccc(CCOc2ccc(CN3CC(C(=O)O)C3)cc2)c1. The molecule has 1 N–H and O–H groups in total. The van der Waals surface area contributed by atoms with Gasteiger partial charge in [0.2, 0.25) is 0 Å². The Morgan fingerprint density at radius 2 is 1.85 bits per heavy atom. The van der Waals surface area contributed by atoms with Gasteiger partial charge in [0.25, 0.3) is 0 Å². The Morgan fingerprint density at radius 3 is 2.52 bits per heavy atom. The van der Waals surface area contributed by atoms with Crippen LogP contribution in [0.1, 0.15) is 25.0 Å². The van der Waals surface area contributed by atoms with Gasteiger partial charge in [-0.2, -0.15) is 0 Å². The van der Waals surface area contributed by atoms with E-state index in [4.69, 9.17) is 14.6 Å². The maximum atomic E-state index is 10.8. The zero-order valence-electron chi connectivity index (χ0n) is 15.9. The van der Waals surface area contributed by atoms with Crippen LogP contribution in [0.4, 0.5) is 0 Å². The van der Waals surface area contributed by atoms with Gasteiger partial charge in [0.1, 0.15) is 11.5 Å². The topological polar surface area (TPSA) is 59.0 Å². The molecule has 1 heterocycles. The fourth-order valence-electron chi connectivity index (χ4n) is 3.14. The number of likely N-dealkylation sites (tertiary alicyclic amines) is 1. The van der Waals surface area contributed by atoms with Gasteiger partial charge in [0.15, 0.2) is 0 Å². The minimum atomic E-state index is -0.698. The normalized spacial score (nSPS) is 14.8. The molecule has 144 valence electrons. The van der Waals surface area contributed by atoms with E-state index in [0.717, 1.165) is 24.5 Å². The first kappa shape index (κ1) is 19.2. The van der Waals surface area contributed by atoms with Crippen LogP contribution in [-0.4, -0.2) is 41.8 Å². The van der Waals surface area contributed by atoms with Crippen LogP contribution in [-0.2, 0) is 17.8 Å². The second-order valence-corrected chi connectivity index (χ2v) is 7.29. The summed E-state index contributed by atoms with van der Waals surface area (Å²) in [7, 11) is 0. The van der Waals surface area contributed by atoms with Crippen molar-refractivity contribution in [2.24, 2.45) is 5.92 Å². The highest BCUT2D eigenvalue weighted by atomic mass is 16.5. The highest BCUT2D eigenvalue weighted by Crippen LogP contribution is 2.21. The number of ether oxygens (including phenoxy) is 2.